The lowest BCUT2D eigenvalue weighted by molar-refractivity contribution is 0.271. The van der Waals surface area contributed by atoms with Crippen LogP contribution in [0.2, 0.25) is 0 Å². The van der Waals surface area contributed by atoms with E-state index in [0.29, 0.717) is 6.04 Å². The molecule has 0 saturated heterocycles. The zero-order valence-corrected chi connectivity index (χ0v) is 13.0. The SMILES string of the molecule is CCCNC(c1ccc(OCC)cc1)C1CCCCC1. The van der Waals surface area contributed by atoms with Gasteiger partial charge in [0.15, 0.2) is 0 Å². The first kappa shape index (κ1) is 15.4. The van der Waals surface area contributed by atoms with Crippen LogP contribution in [0.1, 0.15) is 64.0 Å². The Bertz CT molecular complexity index is 368. The van der Waals surface area contributed by atoms with Crippen molar-refractivity contribution in [3.05, 3.63) is 29.8 Å². The van der Waals surface area contributed by atoms with E-state index in [9.17, 15) is 0 Å². The predicted octanol–water partition coefficient (Wildman–Crippen LogP) is 4.71. The zero-order valence-electron chi connectivity index (χ0n) is 13.0. The maximum atomic E-state index is 5.55. The molecule has 1 aromatic carbocycles. The van der Waals surface area contributed by atoms with Gasteiger partial charge in [0, 0.05) is 6.04 Å². The Labute approximate surface area is 123 Å². The molecule has 1 saturated carbocycles. The Morgan fingerprint density at radius 1 is 1.10 bits per heavy atom. The van der Waals surface area contributed by atoms with Crippen LogP contribution in [0.4, 0.5) is 0 Å². The van der Waals surface area contributed by atoms with Crippen LogP contribution in [0.3, 0.4) is 0 Å². The molecule has 1 N–H and O–H groups in total. The predicted molar refractivity (Wildman–Crippen MR) is 85.2 cm³/mol. The fourth-order valence-electron chi connectivity index (χ4n) is 3.26. The summed E-state index contributed by atoms with van der Waals surface area (Å²) < 4.78 is 5.55. The van der Waals surface area contributed by atoms with Crippen molar-refractivity contribution in [2.45, 2.75) is 58.4 Å². The number of nitrogens with one attached hydrogen (secondary N) is 1. The Morgan fingerprint density at radius 2 is 1.80 bits per heavy atom. The molecule has 2 rings (SSSR count). The lowest BCUT2D eigenvalue weighted by atomic mass is 9.81. The summed E-state index contributed by atoms with van der Waals surface area (Å²) >= 11 is 0. The molecule has 20 heavy (non-hydrogen) atoms. The molecule has 0 aliphatic heterocycles. The third kappa shape index (κ3) is 4.24. The van der Waals surface area contributed by atoms with E-state index < -0.39 is 0 Å². The molecule has 1 aliphatic carbocycles. The lowest BCUT2D eigenvalue weighted by Gasteiger charge is -2.31. The van der Waals surface area contributed by atoms with Crippen molar-refractivity contribution >= 4 is 0 Å². The van der Waals surface area contributed by atoms with Crippen molar-refractivity contribution in [1.29, 1.82) is 0 Å². The van der Waals surface area contributed by atoms with Gasteiger partial charge in [-0.15, -0.1) is 0 Å². The second-order valence-corrected chi connectivity index (χ2v) is 5.83. The van der Waals surface area contributed by atoms with E-state index >= 15 is 0 Å². The van der Waals surface area contributed by atoms with Crippen LogP contribution >= 0.6 is 0 Å². The molecule has 112 valence electrons. The quantitative estimate of drug-likeness (QED) is 0.778. The van der Waals surface area contributed by atoms with Crippen molar-refractivity contribution < 1.29 is 4.74 Å². The van der Waals surface area contributed by atoms with Crippen molar-refractivity contribution in [3.63, 3.8) is 0 Å². The number of benzene rings is 1. The fraction of sp³-hybridized carbons (Fsp3) is 0.667. The molecular weight excluding hydrogens is 246 g/mol. The van der Waals surface area contributed by atoms with Gasteiger partial charge in [-0.05, 0) is 56.3 Å². The van der Waals surface area contributed by atoms with E-state index in [0.717, 1.165) is 24.8 Å². The van der Waals surface area contributed by atoms with Gasteiger partial charge in [0.25, 0.3) is 0 Å². The van der Waals surface area contributed by atoms with Crippen LogP contribution < -0.4 is 10.1 Å². The largest absolute Gasteiger partial charge is 0.494 e. The van der Waals surface area contributed by atoms with E-state index in [-0.39, 0.29) is 0 Å². The second-order valence-electron chi connectivity index (χ2n) is 5.83. The van der Waals surface area contributed by atoms with Gasteiger partial charge in [0.2, 0.25) is 0 Å². The molecule has 1 aromatic rings. The minimum Gasteiger partial charge on any atom is -0.494 e. The smallest absolute Gasteiger partial charge is 0.119 e. The third-order valence-electron chi connectivity index (χ3n) is 4.29. The molecule has 1 fully saturated rings. The highest BCUT2D eigenvalue weighted by molar-refractivity contribution is 5.29. The van der Waals surface area contributed by atoms with E-state index in [4.69, 9.17) is 4.74 Å². The summed E-state index contributed by atoms with van der Waals surface area (Å²) in [5, 5.41) is 3.77. The minimum absolute atomic E-state index is 0.519. The number of hydrogen-bond acceptors (Lipinski definition) is 2. The van der Waals surface area contributed by atoms with Crippen molar-refractivity contribution in [2.75, 3.05) is 13.2 Å². The highest BCUT2D eigenvalue weighted by atomic mass is 16.5. The fourth-order valence-corrected chi connectivity index (χ4v) is 3.26. The monoisotopic (exact) mass is 275 g/mol. The Morgan fingerprint density at radius 3 is 2.40 bits per heavy atom. The Hall–Kier alpha value is -1.02. The second kappa shape index (κ2) is 8.31. The molecule has 0 aromatic heterocycles. The van der Waals surface area contributed by atoms with Crippen molar-refractivity contribution in [3.8, 4) is 5.75 Å². The standard InChI is InChI=1S/C18H29NO/c1-3-14-19-18(15-8-6-5-7-9-15)16-10-12-17(13-11-16)20-4-2/h10-13,15,18-19H,3-9,14H2,1-2H3. The van der Waals surface area contributed by atoms with Gasteiger partial charge < -0.3 is 10.1 Å². The van der Waals surface area contributed by atoms with Gasteiger partial charge in [-0.1, -0.05) is 38.3 Å². The normalized spacial score (nSPS) is 17.9. The summed E-state index contributed by atoms with van der Waals surface area (Å²) in [6.07, 6.45) is 8.14. The first-order chi connectivity index (χ1) is 9.85. The molecule has 0 bridgehead atoms. The van der Waals surface area contributed by atoms with Crippen LogP contribution in [-0.2, 0) is 0 Å². The van der Waals surface area contributed by atoms with Crippen LogP contribution in [0.5, 0.6) is 5.75 Å². The first-order valence-corrected chi connectivity index (χ1v) is 8.31. The van der Waals surface area contributed by atoms with Gasteiger partial charge >= 0.3 is 0 Å². The third-order valence-corrected chi connectivity index (χ3v) is 4.29. The summed E-state index contributed by atoms with van der Waals surface area (Å²) in [6, 6.07) is 9.23. The van der Waals surface area contributed by atoms with E-state index in [1.165, 1.54) is 44.1 Å². The van der Waals surface area contributed by atoms with Crippen LogP contribution in [0, 0.1) is 5.92 Å². The molecule has 0 spiro atoms. The van der Waals surface area contributed by atoms with Gasteiger partial charge in [0.1, 0.15) is 5.75 Å². The minimum atomic E-state index is 0.519. The van der Waals surface area contributed by atoms with Crippen molar-refractivity contribution in [1.82, 2.24) is 5.32 Å². The molecule has 1 unspecified atom stereocenters. The molecule has 1 atom stereocenters. The molecular formula is C18H29NO. The summed E-state index contributed by atoms with van der Waals surface area (Å²) in [5.41, 5.74) is 1.42. The maximum absolute atomic E-state index is 5.55. The van der Waals surface area contributed by atoms with Gasteiger partial charge in [-0.2, -0.15) is 0 Å². The Balaban J connectivity index is 2.07. The summed E-state index contributed by atoms with van der Waals surface area (Å²) in [4.78, 5) is 0. The topological polar surface area (TPSA) is 21.3 Å². The molecule has 2 nitrogen and oxygen atoms in total. The van der Waals surface area contributed by atoms with Crippen LogP contribution in [0.15, 0.2) is 24.3 Å². The van der Waals surface area contributed by atoms with Gasteiger partial charge in [-0.25, -0.2) is 0 Å². The van der Waals surface area contributed by atoms with E-state index in [1.54, 1.807) is 0 Å². The zero-order chi connectivity index (χ0) is 14.2. The molecule has 0 radical (unpaired) electrons. The highest BCUT2D eigenvalue weighted by Crippen LogP contribution is 2.34. The average molecular weight is 275 g/mol. The van der Waals surface area contributed by atoms with Gasteiger partial charge in [0.05, 0.1) is 6.61 Å². The van der Waals surface area contributed by atoms with E-state index in [1.807, 2.05) is 6.92 Å². The van der Waals surface area contributed by atoms with E-state index in [2.05, 4.69) is 36.5 Å². The number of rotatable bonds is 7. The molecule has 0 amide bonds. The molecule has 1 aliphatic rings. The van der Waals surface area contributed by atoms with Gasteiger partial charge in [-0.3, -0.25) is 0 Å². The number of ether oxygens (including phenoxy) is 1. The van der Waals surface area contributed by atoms with Crippen LogP contribution in [0.25, 0.3) is 0 Å². The maximum Gasteiger partial charge on any atom is 0.119 e. The molecule has 0 heterocycles. The highest BCUT2D eigenvalue weighted by Gasteiger charge is 2.24. The first-order valence-electron chi connectivity index (χ1n) is 8.31. The Kier molecular flexibility index (Phi) is 6.38. The van der Waals surface area contributed by atoms with Crippen molar-refractivity contribution in [2.24, 2.45) is 5.92 Å². The lowest BCUT2D eigenvalue weighted by Crippen LogP contribution is -2.30. The number of hydrogen-bond donors (Lipinski definition) is 1. The molecule has 2 heteroatoms. The average Bonchev–Trinajstić information content (AvgIpc) is 2.51. The summed E-state index contributed by atoms with van der Waals surface area (Å²) in [5.74, 6) is 1.78. The summed E-state index contributed by atoms with van der Waals surface area (Å²) in [7, 11) is 0. The van der Waals surface area contributed by atoms with Crippen LogP contribution in [-0.4, -0.2) is 13.2 Å². The summed E-state index contributed by atoms with van der Waals surface area (Å²) in [6.45, 7) is 6.11.